The highest BCUT2D eigenvalue weighted by molar-refractivity contribution is 14.1. The Hall–Kier alpha value is 0.340. The minimum Gasteiger partial charge on any atom is -0.211 e. The second-order valence-corrected chi connectivity index (χ2v) is 7.01. The van der Waals surface area contributed by atoms with Crippen molar-refractivity contribution in [2.75, 3.05) is 11.0 Å². The second kappa shape index (κ2) is 6.93. The van der Waals surface area contributed by atoms with Crippen LogP contribution in [0.15, 0.2) is 33.6 Å². The van der Waals surface area contributed by atoms with Crippen LogP contribution in [-0.4, -0.2) is 19.4 Å². The van der Waals surface area contributed by atoms with Crippen LogP contribution >= 0.6 is 38.5 Å². The van der Waals surface area contributed by atoms with Gasteiger partial charge in [0.25, 0.3) is 0 Å². The van der Waals surface area contributed by atoms with E-state index in [0.717, 1.165) is 21.7 Å². The Morgan fingerprint density at radius 1 is 1.31 bits per heavy atom. The lowest BCUT2D eigenvalue weighted by Crippen LogP contribution is -2.24. The maximum atomic E-state index is 11.8. The summed E-state index contributed by atoms with van der Waals surface area (Å²) >= 11 is 5.53. The van der Waals surface area contributed by atoms with Crippen molar-refractivity contribution in [3.05, 3.63) is 28.7 Å². The summed E-state index contributed by atoms with van der Waals surface area (Å²) < 4.78 is 28.0. The van der Waals surface area contributed by atoms with Crippen molar-refractivity contribution in [1.29, 1.82) is 0 Å². The third-order valence-electron chi connectivity index (χ3n) is 1.96. The molecule has 0 heterocycles. The van der Waals surface area contributed by atoms with Gasteiger partial charge in [-0.1, -0.05) is 44.6 Å². The number of alkyl halides is 1. The van der Waals surface area contributed by atoms with E-state index in [0.29, 0.717) is 11.4 Å². The van der Waals surface area contributed by atoms with E-state index in [2.05, 4.69) is 43.2 Å². The Bertz CT molecular complexity index is 436. The maximum Gasteiger partial charge on any atom is 0.240 e. The van der Waals surface area contributed by atoms with Gasteiger partial charge in [-0.15, -0.1) is 0 Å². The van der Waals surface area contributed by atoms with Gasteiger partial charge < -0.3 is 0 Å². The van der Waals surface area contributed by atoms with Crippen molar-refractivity contribution >= 4 is 48.5 Å². The maximum absolute atomic E-state index is 11.8. The lowest BCUT2D eigenvalue weighted by molar-refractivity contribution is 0.578. The van der Waals surface area contributed by atoms with Crippen LogP contribution in [0.3, 0.4) is 0 Å². The molecule has 0 fully saturated rings. The SMILES string of the molecule is O=S(=O)(NCCCCI)c1cccc(Br)c1. The summed E-state index contributed by atoms with van der Waals surface area (Å²) in [5.74, 6) is 0. The molecule has 0 aromatic heterocycles. The summed E-state index contributed by atoms with van der Waals surface area (Å²) in [5.41, 5.74) is 0. The third-order valence-corrected chi connectivity index (χ3v) is 4.67. The molecule has 0 unspecified atom stereocenters. The number of sulfonamides is 1. The Morgan fingerprint density at radius 2 is 2.06 bits per heavy atom. The molecule has 1 aromatic rings. The Kier molecular flexibility index (Phi) is 6.23. The molecule has 1 rings (SSSR count). The molecule has 0 aliphatic carbocycles. The highest BCUT2D eigenvalue weighted by atomic mass is 127. The average Bonchev–Trinajstić information content (AvgIpc) is 2.24. The molecule has 1 N–H and O–H groups in total. The monoisotopic (exact) mass is 417 g/mol. The third kappa shape index (κ3) is 4.68. The van der Waals surface area contributed by atoms with Crippen LogP contribution in [0.25, 0.3) is 0 Å². The van der Waals surface area contributed by atoms with Crippen LogP contribution in [0.1, 0.15) is 12.8 Å². The van der Waals surface area contributed by atoms with Crippen molar-refractivity contribution in [3.8, 4) is 0 Å². The summed E-state index contributed by atoms with van der Waals surface area (Å²) in [4.78, 5) is 0.302. The van der Waals surface area contributed by atoms with E-state index in [4.69, 9.17) is 0 Å². The molecule has 0 saturated heterocycles. The van der Waals surface area contributed by atoms with Gasteiger partial charge in [-0.3, -0.25) is 0 Å². The van der Waals surface area contributed by atoms with Gasteiger partial charge in [0.2, 0.25) is 10.0 Å². The van der Waals surface area contributed by atoms with E-state index in [-0.39, 0.29) is 0 Å². The van der Waals surface area contributed by atoms with Gasteiger partial charge in [-0.25, -0.2) is 13.1 Å². The number of unbranched alkanes of at least 4 members (excludes halogenated alkanes) is 1. The van der Waals surface area contributed by atoms with Crippen LogP contribution in [0.4, 0.5) is 0 Å². The van der Waals surface area contributed by atoms with E-state index >= 15 is 0 Å². The second-order valence-electron chi connectivity index (χ2n) is 3.25. The molecular weight excluding hydrogens is 405 g/mol. The summed E-state index contributed by atoms with van der Waals surface area (Å²) in [7, 11) is -3.35. The zero-order chi connectivity index (χ0) is 12.0. The molecular formula is C10H13BrINO2S. The zero-order valence-electron chi connectivity index (χ0n) is 8.62. The number of rotatable bonds is 6. The van der Waals surface area contributed by atoms with Crippen LogP contribution in [-0.2, 0) is 10.0 Å². The highest BCUT2D eigenvalue weighted by Gasteiger charge is 2.12. The number of hydrogen-bond donors (Lipinski definition) is 1. The molecule has 0 bridgehead atoms. The molecule has 16 heavy (non-hydrogen) atoms. The smallest absolute Gasteiger partial charge is 0.211 e. The molecule has 0 spiro atoms. The topological polar surface area (TPSA) is 46.2 Å². The Labute approximate surface area is 118 Å². The zero-order valence-corrected chi connectivity index (χ0v) is 13.2. The minimum atomic E-state index is -3.35. The fraction of sp³-hybridized carbons (Fsp3) is 0.400. The molecule has 0 aliphatic heterocycles. The van der Waals surface area contributed by atoms with Gasteiger partial charge in [-0.2, -0.15) is 0 Å². The van der Waals surface area contributed by atoms with Gasteiger partial charge >= 0.3 is 0 Å². The normalized spacial score (nSPS) is 11.6. The lowest BCUT2D eigenvalue weighted by Gasteiger charge is -2.06. The van der Waals surface area contributed by atoms with Crippen molar-refractivity contribution in [3.63, 3.8) is 0 Å². The van der Waals surface area contributed by atoms with Crippen molar-refractivity contribution in [1.82, 2.24) is 4.72 Å². The lowest BCUT2D eigenvalue weighted by atomic mass is 10.3. The molecule has 90 valence electrons. The van der Waals surface area contributed by atoms with E-state index in [1.165, 1.54) is 0 Å². The van der Waals surface area contributed by atoms with E-state index in [1.807, 2.05) is 0 Å². The molecule has 1 aromatic carbocycles. The molecule has 0 radical (unpaired) electrons. The standard InChI is InChI=1S/C10H13BrINO2S/c11-9-4-3-5-10(8-9)16(14,15)13-7-2-1-6-12/h3-5,8,13H,1-2,6-7H2. The summed E-state index contributed by atoms with van der Waals surface area (Å²) in [6, 6.07) is 6.70. The van der Waals surface area contributed by atoms with Crippen molar-refractivity contribution in [2.45, 2.75) is 17.7 Å². The average molecular weight is 418 g/mol. The molecule has 6 heteroatoms. The number of halogens is 2. The fourth-order valence-corrected chi connectivity index (χ4v) is 3.35. The van der Waals surface area contributed by atoms with Crippen molar-refractivity contribution < 1.29 is 8.42 Å². The molecule has 0 atom stereocenters. The van der Waals surface area contributed by atoms with Gasteiger partial charge in [0.15, 0.2) is 0 Å². The van der Waals surface area contributed by atoms with Gasteiger partial charge in [0, 0.05) is 11.0 Å². The molecule has 0 saturated carbocycles. The Balaban J connectivity index is 2.64. The number of benzene rings is 1. The van der Waals surface area contributed by atoms with Gasteiger partial charge in [0.05, 0.1) is 4.90 Å². The van der Waals surface area contributed by atoms with Gasteiger partial charge in [-0.05, 0) is 35.5 Å². The number of hydrogen-bond acceptors (Lipinski definition) is 2. The predicted molar refractivity (Wildman–Crippen MR) is 77.5 cm³/mol. The fourth-order valence-electron chi connectivity index (χ4n) is 1.14. The molecule has 3 nitrogen and oxygen atoms in total. The first-order valence-electron chi connectivity index (χ1n) is 4.87. The van der Waals surface area contributed by atoms with Crippen molar-refractivity contribution in [2.24, 2.45) is 0 Å². The molecule has 0 aliphatic rings. The van der Waals surface area contributed by atoms with E-state index in [9.17, 15) is 8.42 Å². The first-order valence-corrected chi connectivity index (χ1v) is 8.67. The first kappa shape index (κ1) is 14.4. The van der Waals surface area contributed by atoms with E-state index < -0.39 is 10.0 Å². The molecule has 0 amide bonds. The summed E-state index contributed by atoms with van der Waals surface area (Å²) in [6.07, 6.45) is 1.90. The quantitative estimate of drug-likeness (QED) is 0.439. The van der Waals surface area contributed by atoms with Crippen LogP contribution < -0.4 is 4.72 Å². The summed E-state index contributed by atoms with van der Waals surface area (Å²) in [6.45, 7) is 0.498. The van der Waals surface area contributed by atoms with Crippen LogP contribution in [0.2, 0.25) is 0 Å². The first-order chi connectivity index (χ1) is 7.56. The largest absolute Gasteiger partial charge is 0.240 e. The van der Waals surface area contributed by atoms with Crippen LogP contribution in [0, 0.1) is 0 Å². The highest BCUT2D eigenvalue weighted by Crippen LogP contribution is 2.15. The van der Waals surface area contributed by atoms with E-state index in [1.54, 1.807) is 24.3 Å². The number of nitrogens with one attached hydrogen (secondary N) is 1. The summed E-state index contributed by atoms with van der Waals surface area (Å²) in [5, 5.41) is 0. The Morgan fingerprint density at radius 3 is 2.69 bits per heavy atom. The van der Waals surface area contributed by atoms with Gasteiger partial charge in [0.1, 0.15) is 0 Å². The van der Waals surface area contributed by atoms with Crippen LogP contribution in [0.5, 0.6) is 0 Å². The predicted octanol–water partition coefficient (Wildman–Crippen LogP) is 2.94. The minimum absolute atomic E-state index is 0.302.